The molecular weight excluding hydrogens is 190 g/mol. The summed E-state index contributed by atoms with van der Waals surface area (Å²) in [5.41, 5.74) is 6.69. The van der Waals surface area contributed by atoms with Gasteiger partial charge in [0.25, 0.3) is 0 Å². The lowest BCUT2D eigenvalue weighted by molar-refractivity contribution is 0.848. The Labute approximate surface area is 90.1 Å². The molecule has 1 nitrogen and oxygen atoms in total. The molecule has 0 aliphatic rings. The molecule has 74 valence electrons. The quantitative estimate of drug-likeness (QED) is 0.604. The van der Waals surface area contributed by atoms with Gasteiger partial charge in [-0.2, -0.15) is 0 Å². The van der Waals surface area contributed by atoms with Gasteiger partial charge in [0.1, 0.15) is 0 Å². The first-order valence-electron chi connectivity index (χ1n) is 4.66. The molecule has 0 amide bonds. The van der Waals surface area contributed by atoms with Gasteiger partial charge in [-0.15, -0.1) is 11.8 Å². The highest BCUT2D eigenvalue weighted by Crippen LogP contribution is 2.00. The van der Waals surface area contributed by atoms with Crippen molar-refractivity contribution in [2.24, 2.45) is 5.73 Å². The SMILES string of the molecule is CC(N)CSCC#Cc1ccccc1. The second kappa shape index (κ2) is 6.53. The number of nitrogens with two attached hydrogens (primary N) is 1. The largest absolute Gasteiger partial charge is 0.327 e. The van der Waals surface area contributed by atoms with Crippen molar-refractivity contribution in [2.45, 2.75) is 13.0 Å². The zero-order valence-electron chi connectivity index (χ0n) is 8.36. The van der Waals surface area contributed by atoms with Gasteiger partial charge in [0.15, 0.2) is 0 Å². The lowest BCUT2D eigenvalue weighted by atomic mass is 10.2. The van der Waals surface area contributed by atoms with Crippen LogP contribution in [-0.2, 0) is 0 Å². The fourth-order valence-corrected chi connectivity index (χ4v) is 1.62. The fraction of sp³-hybridized carbons (Fsp3) is 0.333. The Morgan fingerprint density at radius 3 is 2.71 bits per heavy atom. The molecule has 0 heterocycles. The van der Waals surface area contributed by atoms with Crippen molar-refractivity contribution in [3.05, 3.63) is 35.9 Å². The van der Waals surface area contributed by atoms with E-state index in [4.69, 9.17) is 5.73 Å². The number of hydrogen-bond acceptors (Lipinski definition) is 2. The molecule has 0 radical (unpaired) electrons. The van der Waals surface area contributed by atoms with Gasteiger partial charge in [0.2, 0.25) is 0 Å². The van der Waals surface area contributed by atoms with Crippen molar-refractivity contribution < 1.29 is 0 Å². The summed E-state index contributed by atoms with van der Waals surface area (Å²) in [4.78, 5) is 0. The second-order valence-corrected chi connectivity index (χ2v) is 4.19. The third-order valence-corrected chi connectivity index (χ3v) is 2.67. The molecule has 1 aromatic carbocycles. The van der Waals surface area contributed by atoms with E-state index in [2.05, 4.69) is 11.8 Å². The van der Waals surface area contributed by atoms with Gasteiger partial charge >= 0.3 is 0 Å². The molecule has 1 unspecified atom stereocenters. The molecule has 1 rings (SSSR count). The van der Waals surface area contributed by atoms with Crippen LogP contribution in [0, 0.1) is 11.8 Å². The van der Waals surface area contributed by atoms with E-state index in [1.807, 2.05) is 37.3 Å². The molecule has 0 saturated carbocycles. The molecule has 1 aromatic rings. The smallest absolute Gasteiger partial charge is 0.0551 e. The highest BCUT2D eigenvalue weighted by atomic mass is 32.2. The van der Waals surface area contributed by atoms with Gasteiger partial charge in [0, 0.05) is 17.4 Å². The van der Waals surface area contributed by atoms with E-state index in [1.54, 1.807) is 11.8 Å². The van der Waals surface area contributed by atoms with Crippen molar-refractivity contribution >= 4 is 11.8 Å². The van der Waals surface area contributed by atoms with Crippen molar-refractivity contribution in [3.63, 3.8) is 0 Å². The van der Waals surface area contributed by atoms with Crippen LogP contribution in [0.3, 0.4) is 0 Å². The van der Waals surface area contributed by atoms with Crippen LogP contribution < -0.4 is 5.73 Å². The number of hydrogen-bond donors (Lipinski definition) is 1. The summed E-state index contributed by atoms with van der Waals surface area (Å²) in [6.07, 6.45) is 0. The Bertz CT molecular complexity index is 308. The van der Waals surface area contributed by atoms with Gasteiger partial charge in [-0.1, -0.05) is 30.0 Å². The van der Waals surface area contributed by atoms with E-state index in [9.17, 15) is 0 Å². The Morgan fingerprint density at radius 1 is 1.36 bits per heavy atom. The summed E-state index contributed by atoms with van der Waals surface area (Å²) in [5.74, 6) is 8.05. The maximum Gasteiger partial charge on any atom is 0.0551 e. The predicted octanol–water partition coefficient (Wildman–Crippen LogP) is 2.12. The van der Waals surface area contributed by atoms with E-state index in [0.29, 0.717) is 0 Å². The van der Waals surface area contributed by atoms with E-state index >= 15 is 0 Å². The third-order valence-electron chi connectivity index (χ3n) is 1.56. The molecular formula is C12H15NS. The Morgan fingerprint density at radius 2 is 2.07 bits per heavy atom. The minimum Gasteiger partial charge on any atom is -0.327 e. The monoisotopic (exact) mass is 205 g/mol. The highest BCUT2D eigenvalue weighted by Gasteiger charge is 1.91. The standard InChI is InChI=1S/C12H15NS/c1-11(13)10-14-9-5-8-12-6-3-2-4-7-12/h2-4,6-7,11H,9-10,13H2,1H3. The van der Waals surface area contributed by atoms with Gasteiger partial charge in [-0.3, -0.25) is 0 Å². The van der Waals surface area contributed by atoms with Crippen molar-refractivity contribution in [1.82, 2.24) is 0 Å². The zero-order valence-corrected chi connectivity index (χ0v) is 9.18. The normalized spacial score (nSPS) is 11.6. The predicted molar refractivity (Wildman–Crippen MR) is 64.3 cm³/mol. The van der Waals surface area contributed by atoms with E-state index in [0.717, 1.165) is 17.1 Å². The number of thioether (sulfide) groups is 1. The minimum absolute atomic E-state index is 0.263. The first kappa shape index (κ1) is 11.2. The third kappa shape index (κ3) is 4.96. The average Bonchev–Trinajstić information content (AvgIpc) is 2.18. The Balaban J connectivity index is 2.28. The van der Waals surface area contributed by atoms with E-state index < -0.39 is 0 Å². The van der Waals surface area contributed by atoms with Gasteiger partial charge in [0.05, 0.1) is 5.75 Å². The van der Waals surface area contributed by atoms with Crippen molar-refractivity contribution in [3.8, 4) is 11.8 Å². The molecule has 0 saturated heterocycles. The molecule has 0 aliphatic carbocycles. The van der Waals surface area contributed by atoms with Crippen LogP contribution in [-0.4, -0.2) is 17.5 Å². The summed E-state index contributed by atoms with van der Waals surface area (Å²) in [6, 6.07) is 10.3. The van der Waals surface area contributed by atoms with Gasteiger partial charge in [-0.05, 0) is 19.1 Å². The second-order valence-electron chi connectivity index (χ2n) is 3.16. The molecule has 0 aromatic heterocycles. The Kier molecular flexibility index (Phi) is 5.21. The van der Waals surface area contributed by atoms with Crippen molar-refractivity contribution in [2.75, 3.05) is 11.5 Å². The summed E-state index contributed by atoms with van der Waals surface area (Å²) in [7, 11) is 0. The molecule has 0 spiro atoms. The van der Waals surface area contributed by atoms with E-state index in [1.165, 1.54) is 0 Å². The topological polar surface area (TPSA) is 26.0 Å². The summed E-state index contributed by atoms with van der Waals surface area (Å²) in [6.45, 7) is 2.01. The van der Waals surface area contributed by atoms with Crippen LogP contribution in [0.4, 0.5) is 0 Å². The maximum absolute atomic E-state index is 5.62. The lowest BCUT2D eigenvalue weighted by Gasteiger charge is -1.99. The molecule has 14 heavy (non-hydrogen) atoms. The highest BCUT2D eigenvalue weighted by molar-refractivity contribution is 7.99. The van der Waals surface area contributed by atoms with Crippen LogP contribution in [0.2, 0.25) is 0 Å². The molecule has 2 N–H and O–H groups in total. The van der Waals surface area contributed by atoms with Gasteiger partial charge in [-0.25, -0.2) is 0 Å². The summed E-state index contributed by atoms with van der Waals surface area (Å²) < 4.78 is 0. The van der Waals surface area contributed by atoms with Crippen LogP contribution in [0.5, 0.6) is 0 Å². The van der Waals surface area contributed by atoms with E-state index in [-0.39, 0.29) is 6.04 Å². The van der Waals surface area contributed by atoms with Crippen LogP contribution in [0.1, 0.15) is 12.5 Å². The first-order valence-corrected chi connectivity index (χ1v) is 5.82. The molecule has 1 atom stereocenters. The first-order chi connectivity index (χ1) is 6.79. The fourth-order valence-electron chi connectivity index (χ4n) is 0.955. The molecule has 0 bridgehead atoms. The Hall–Kier alpha value is -0.910. The summed E-state index contributed by atoms with van der Waals surface area (Å²) in [5, 5.41) is 0. The summed E-state index contributed by atoms with van der Waals surface area (Å²) >= 11 is 1.78. The number of rotatable bonds is 3. The lowest BCUT2D eigenvalue weighted by Crippen LogP contribution is -2.17. The zero-order chi connectivity index (χ0) is 10.2. The van der Waals surface area contributed by atoms with Crippen LogP contribution in [0.15, 0.2) is 30.3 Å². The van der Waals surface area contributed by atoms with Crippen LogP contribution in [0.25, 0.3) is 0 Å². The number of benzene rings is 1. The minimum atomic E-state index is 0.263. The average molecular weight is 205 g/mol. The molecule has 0 aliphatic heterocycles. The molecule has 0 fully saturated rings. The molecule has 2 heteroatoms. The van der Waals surface area contributed by atoms with Gasteiger partial charge < -0.3 is 5.73 Å². The van der Waals surface area contributed by atoms with Crippen molar-refractivity contribution in [1.29, 1.82) is 0 Å². The van der Waals surface area contributed by atoms with Crippen LogP contribution >= 0.6 is 11.8 Å². The maximum atomic E-state index is 5.62.